The summed E-state index contributed by atoms with van der Waals surface area (Å²) in [6, 6.07) is 64.4. The lowest BCUT2D eigenvalue weighted by Gasteiger charge is -2.17. The maximum Gasteiger partial charge on any atom is 0.160 e. The van der Waals surface area contributed by atoms with E-state index in [1.165, 1.54) is 0 Å². The molecular formula is C51H37N5. The fourth-order valence-corrected chi connectivity index (χ4v) is 7.15. The Morgan fingerprint density at radius 1 is 0.286 bits per heavy atom. The zero-order valence-electron chi connectivity index (χ0n) is 31.1. The Bertz CT molecular complexity index is 2740. The van der Waals surface area contributed by atoms with Gasteiger partial charge in [-0.05, 0) is 43.7 Å². The predicted octanol–water partition coefficient (Wildman–Crippen LogP) is 12.6. The highest BCUT2D eigenvalue weighted by Crippen LogP contribution is 2.39. The van der Waals surface area contributed by atoms with Gasteiger partial charge in [-0.25, -0.2) is 19.9 Å². The van der Waals surface area contributed by atoms with E-state index in [0.29, 0.717) is 5.82 Å². The number of rotatable bonds is 8. The van der Waals surface area contributed by atoms with Crippen LogP contribution in [0.25, 0.3) is 90.1 Å². The molecule has 0 N–H and O–H groups in total. The molecule has 266 valence electrons. The Balaban J connectivity index is 1.27. The van der Waals surface area contributed by atoms with Gasteiger partial charge in [0.2, 0.25) is 0 Å². The van der Waals surface area contributed by atoms with Gasteiger partial charge in [-0.2, -0.15) is 0 Å². The molecule has 0 spiro atoms. The van der Waals surface area contributed by atoms with Crippen molar-refractivity contribution in [1.29, 1.82) is 0 Å². The first-order valence-electron chi connectivity index (χ1n) is 18.8. The molecule has 0 aliphatic rings. The summed E-state index contributed by atoms with van der Waals surface area (Å²) >= 11 is 0. The van der Waals surface area contributed by atoms with Crippen molar-refractivity contribution in [3.05, 3.63) is 199 Å². The van der Waals surface area contributed by atoms with Gasteiger partial charge in [0, 0.05) is 55.9 Å². The van der Waals surface area contributed by atoms with E-state index in [0.717, 1.165) is 95.6 Å². The number of hydrogen-bond donors (Lipinski definition) is 0. The quantitative estimate of drug-likeness (QED) is 0.156. The molecule has 0 amide bonds. The van der Waals surface area contributed by atoms with Gasteiger partial charge >= 0.3 is 0 Å². The zero-order valence-corrected chi connectivity index (χ0v) is 31.1. The molecule has 6 aromatic carbocycles. The second kappa shape index (κ2) is 15.2. The fraction of sp³-hybridized carbons (Fsp3) is 0.0392. The topological polar surface area (TPSA) is 64.5 Å². The molecule has 56 heavy (non-hydrogen) atoms. The fourth-order valence-electron chi connectivity index (χ4n) is 7.15. The minimum atomic E-state index is 0.670. The summed E-state index contributed by atoms with van der Waals surface area (Å²) in [5.74, 6) is 0.670. The van der Waals surface area contributed by atoms with Crippen molar-refractivity contribution < 1.29 is 0 Å². The summed E-state index contributed by atoms with van der Waals surface area (Å²) in [4.78, 5) is 26.0. The molecule has 0 fully saturated rings. The van der Waals surface area contributed by atoms with Gasteiger partial charge < -0.3 is 0 Å². The third-order valence-electron chi connectivity index (χ3n) is 9.92. The number of aryl methyl sites for hydroxylation is 2. The number of hydrogen-bond acceptors (Lipinski definition) is 5. The highest BCUT2D eigenvalue weighted by molar-refractivity contribution is 5.88. The molecule has 5 nitrogen and oxygen atoms in total. The van der Waals surface area contributed by atoms with E-state index >= 15 is 0 Å². The summed E-state index contributed by atoms with van der Waals surface area (Å²) in [6.45, 7) is 4.09. The van der Waals surface area contributed by atoms with Gasteiger partial charge in [0.15, 0.2) is 5.82 Å². The SMILES string of the molecule is Cc1ccc(-c2cccc(-c3nc(-c4ccccc4)c(-c4ccccc4)nc3-c3cccc(-c4cc(-c5ccccc5)nc(-c5ccccc5)n4)c3)c2)c(C)n1. The van der Waals surface area contributed by atoms with Crippen LogP contribution in [0.15, 0.2) is 188 Å². The molecule has 9 aromatic rings. The van der Waals surface area contributed by atoms with Gasteiger partial charge in [0.05, 0.1) is 34.2 Å². The van der Waals surface area contributed by atoms with Gasteiger partial charge in [-0.1, -0.05) is 164 Å². The molecule has 9 rings (SSSR count). The van der Waals surface area contributed by atoms with E-state index in [1.807, 2.05) is 91.9 Å². The largest absolute Gasteiger partial charge is 0.258 e. The minimum Gasteiger partial charge on any atom is -0.258 e. The highest BCUT2D eigenvalue weighted by atomic mass is 14.9. The normalized spacial score (nSPS) is 11.0. The van der Waals surface area contributed by atoms with Gasteiger partial charge in [0.1, 0.15) is 0 Å². The van der Waals surface area contributed by atoms with Gasteiger partial charge in [-0.3, -0.25) is 4.98 Å². The summed E-state index contributed by atoms with van der Waals surface area (Å²) in [7, 11) is 0. The van der Waals surface area contributed by atoms with E-state index in [1.54, 1.807) is 0 Å². The molecular weight excluding hydrogens is 683 g/mol. The van der Waals surface area contributed by atoms with Crippen molar-refractivity contribution in [1.82, 2.24) is 24.9 Å². The molecule has 3 heterocycles. The minimum absolute atomic E-state index is 0.670. The van der Waals surface area contributed by atoms with Crippen LogP contribution in [0, 0.1) is 13.8 Å². The first-order valence-corrected chi connectivity index (χ1v) is 18.8. The van der Waals surface area contributed by atoms with Crippen molar-refractivity contribution in [2.24, 2.45) is 0 Å². The van der Waals surface area contributed by atoms with Crippen LogP contribution < -0.4 is 0 Å². The molecule has 0 bridgehead atoms. The first-order chi connectivity index (χ1) is 27.6. The number of pyridine rings is 1. The first kappa shape index (κ1) is 34.4. The molecule has 0 unspecified atom stereocenters. The third kappa shape index (κ3) is 7.02. The van der Waals surface area contributed by atoms with Crippen LogP contribution in [0.3, 0.4) is 0 Å². The van der Waals surface area contributed by atoms with Crippen LogP contribution in [-0.4, -0.2) is 24.9 Å². The summed E-state index contributed by atoms with van der Waals surface area (Å²) in [5, 5.41) is 0. The van der Waals surface area contributed by atoms with Gasteiger partial charge in [0.25, 0.3) is 0 Å². The van der Waals surface area contributed by atoms with Crippen molar-refractivity contribution in [3.63, 3.8) is 0 Å². The second-order valence-electron chi connectivity index (χ2n) is 13.8. The van der Waals surface area contributed by atoms with E-state index in [-0.39, 0.29) is 0 Å². The summed E-state index contributed by atoms with van der Waals surface area (Å²) in [6.07, 6.45) is 0. The Morgan fingerprint density at radius 2 is 0.696 bits per heavy atom. The number of aromatic nitrogens is 5. The molecule has 3 aromatic heterocycles. The zero-order chi connectivity index (χ0) is 37.8. The lowest BCUT2D eigenvalue weighted by molar-refractivity contribution is 1.13. The maximum absolute atomic E-state index is 5.55. The molecule has 0 aliphatic carbocycles. The Kier molecular flexibility index (Phi) is 9.32. The van der Waals surface area contributed by atoms with Crippen LogP contribution in [0.2, 0.25) is 0 Å². The monoisotopic (exact) mass is 719 g/mol. The summed E-state index contributed by atoms with van der Waals surface area (Å²) < 4.78 is 0. The molecule has 5 heteroatoms. The van der Waals surface area contributed by atoms with E-state index in [9.17, 15) is 0 Å². The van der Waals surface area contributed by atoms with Crippen molar-refractivity contribution in [3.8, 4) is 90.1 Å². The van der Waals surface area contributed by atoms with Gasteiger partial charge in [-0.15, -0.1) is 0 Å². The maximum atomic E-state index is 5.55. The molecule has 0 saturated heterocycles. The number of benzene rings is 6. The van der Waals surface area contributed by atoms with Crippen LogP contribution in [0.1, 0.15) is 11.4 Å². The number of nitrogens with zero attached hydrogens (tertiary/aromatic N) is 5. The van der Waals surface area contributed by atoms with Crippen molar-refractivity contribution in [2.75, 3.05) is 0 Å². The Labute approximate surface area is 327 Å². The average molecular weight is 720 g/mol. The second-order valence-corrected chi connectivity index (χ2v) is 13.8. The smallest absolute Gasteiger partial charge is 0.160 e. The van der Waals surface area contributed by atoms with E-state index in [4.69, 9.17) is 24.9 Å². The van der Waals surface area contributed by atoms with Crippen LogP contribution in [-0.2, 0) is 0 Å². The Hall–Kier alpha value is -7.37. The standard InChI is InChI=1S/C51H37N5/c1-34-29-30-44(35(2)52-34)40-25-15-27-42(31-40)49-50(56-48(38-21-11-5-12-22-38)47(55-49)37-19-9-4-10-20-37)43-28-16-26-41(32-43)46-33-45(36-17-7-3-8-18-36)53-51(54-46)39-23-13-6-14-24-39/h3-33H,1-2H3. The summed E-state index contributed by atoms with van der Waals surface area (Å²) in [5.41, 5.74) is 15.9. The molecule has 0 aliphatic heterocycles. The molecule has 0 atom stereocenters. The predicted molar refractivity (Wildman–Crippen MR) is 228 cm³/mol. The van der Waals surface area contributed by atoms with E-state index < -0.39 is 0 Å². The van der Waals surface area contributed by atoms with Crippen LogP contribution >= 0.6 is 0 Å². The third-order valence-corrected chi connectivity index (χ3v) is 9.92. The molecule has 0 radical (unpaired) electrons. The van der Waals surface area contributed by atoms with Crippen molar-refractivity contribution >= 4 is 0 Å². The van der Waals surface area contributed by atoms with Crippen molar-refractivity contribution in [2.45, 2.75) is 13.8 Å². The lowest BCUT2D eigenvalue weighted by atomic mass is 9.95. The van der Waals surface area contributed by atoms with E-state index in [2.05, 4.69) is 110 Å². The van der Waals surface area contributed by atoms with Crippen LogP contribution in [0.5, 0.6) is 0 Å². The lowest BCUT2D eigenvalue weighted by Crippen LogP contribution is -2.01. The Morgan fingerprint density at radius 3 is 1.23 bits per heavy atom. The average Bonchev–Trinajstić information content (AvgIpc) is 3.27. The highest BCUT2D eigenvalue weighted by Gasteiger charge is 2.21. The van der Waals surface area contributed by atoms with Crippen LogP contribution in [0.4, 0.5) is 0 Å². The molecule has 0 saturated carbocycles.